The number of nitrogens with one attached hydrogen (secondary N) is 1. The summed E-state index contributed by atoms with van der Waals surface area (Å²) >= 11 is 0. The quantitative estimate of drug-likeness (QED) is 0.608. The molecule has 0 fully saturated rings. The van der Waals surface area contributed by atoms with Crippen LogP contribution in [0.3, 0.4) is 0 Å². The predicted octanol–water partition coefficient (Wildman–Crippen LogP) is 2.20. The number of carbonyl (C=O) groups is 1. The maximum atomic E-state index is 10.8. The molecule has 0 aliphatic carbocycles. The van der Waals surface area contributed by atoms with Gasteiger partial charge in [-0.25, -0.2) is 0 Å². The van der Waals surface area contributed by atoms with Crippen molar-refractivity contribution >= 4 is 23.4 Å². The molecular formula is C10H10N2O3. The molecule has 5 heteroatoms. The minimum Gasteiger partial charge on any atom is -0.326 e. The summed E-state index contributed by atoms with van der Waals surface area (Å²) in [4.78, 5) is 20.9. The van der Waals surface area contributed by atoms with E-state index in [-0.39, 0.29) is 11.6 Å². The molecule has 1 aromatic rings. The summed E-state index contributed by atoms with van der Waals surface area (Å²) in [5.41, 5.74) is 0.869. The first-order valence-electron chi connectivity index (χ1n) is 4.23. The van der Waals surface area contributed by atoms with Gasteiger partial charge < -0.3 is 5.32 Å². The number of nitrogens with zero attached hydrogens (tertiary/aromatic N) is 1. The molecule has 0 aliphatic heterocycles. The minimum atomic E-state index is -0.492. The third-order valence-corrected chi connectivity index (χ3v) is 1.76. The highest BCUT2D eigenvalue weighted by Gasteiger charge is 2.11. The molecule has 0 aromatic heterocycles. The molecule has 1 N–H and O–H groups in total. The van der Waals surface area contributed by atoms with Crippen LogP contribution in [0.2, 0.25) is 0 Å². The van der Waals surface area contributed by atoms with E-state index in [4.69, 9.17) is 0 Å². The van der Waals surface area contributed by atoms with Crippen molar-refractivity contribution in [3.63, 3.8) is 0 Å². The van der Waals surface area contributed by atoms with Crippen LogP contribution in [0.5, 0.6) is 0 Å². The Labute approximate surface area is 86.6 Å². The van der Waals surface area contributed by atoms with Crippen LogP contribution in [0.15, 0.2) is 24.8 Å². The fourth-order valence-electron chi connectivity index (χ4n) is 1.17. The Morgan fingerprint density at radius 1 is 1.60 bits per heavy atom. The normalized spacial score (nSPS) is 9.40. The fraction of sp³-hybridized carbons (Fsp3) is 0.100. The van der Waals surface area contributed by atoms with E-state index < -0.39 is 4.92 Å². The fourth-order valence-corrected chi connectivity index (χ4v) is 1.17. The van der Waals surface area contributed by atoms with Crippen LogP contribution >= 0.6 is 0 Å². The Morgan fingerprint density at radius 2 is 2.27 bits per heavy atom. The van der Waals surface area contributed by atoms with Crippen molar-refractivity contribution in [1.82, 2.24) is 0 Å². The number of nitro benzene ring substituents is 1. The Bertz CT molecular complexity index is 427. The summed E-state index contributed by atoms with van der Waals surface area (Å²) in [5, 5.41) is 13.1. The van der Waals surface area contributed by atoms with Gasteiger partial charge in [-0.2, -0.15) is 0 Å². The summed E-state index contributed by atoms with van der Waals surface area (Å²) in [6.07, 6.45) is 1.38. The molecule has 0 spiro atoms. The predicted molar refractivity (Wildman–Crippen MR) is 57.5 cm³/mol. The van der Waals surface area contributed by atoms with Gasteiger partial charge in [-0.15, -0.1) is 0 Å². The van der Waals surface area contributed by atoms with E-state index in [1.54, 1.807) is 0 Å². The molecule has 0 saturated carbocycles. The molecule has 0 atom stereocenters. The molecule has 1 aromatic carbocycles. The Morgan fingerprint density at radius 3 is 2.73 bits per heavy atom. The second-order valence-electron chi connectivity index (χ2n) is 2.92. The smallest absolute Gasteiger partial charge is 0.276 e. The zero-order chi connectivity index (χ0) is 11.4. The van der Waals surface area contributed by atoms with Crippen LogP contribution in [-0.4, -0.2) is 10.8 Å². The molecule has 0 saturated heterocycles. The van der Waals surface area contributed by atoms with Gasteiger partial charge in [0.2, 0.25) is 5.91 Å². The van der Waals surface area contributed by atoms with Gasteiger partial charge >= 0.3 is 0 Å². The highest BCUT2D eigenvalue weighted by molar-refractivity contribution is 5.89. The second-order valence-corrected chi connectivity index (χ2v) is 2.92. The van der Waals surface area contributed by atoms with Crippen molar-refractivity contribution in [3.8, 4) is 0 Å². The van der Waals surface area contributed by atoms with Gasteiger partial charge in [0.25, 0.3) is 5.69 Å². The lowest BCUT2D eigenvalue weighted by Gasteiger charge is -2.03. The molecule has 5 nitrogen and oxygen atoms in total. The summed E-state index contributed by atoms with van der Waals surface area (Å²) < 4.78 is 0. The SMILES string of the molecule is C=Cc1cc(NC(C)=O)ccc1[N+](=O)[O-]. The number of nitro groups is 1. The Balaban J connectivity index is 3.13. The van der Waals surface area contributed by atoms with Crippen molar-refractivity contribution in [2.24, 2.45) is 0 Å². The summed E-state index contributed by atoms with van der Waals surface area (Å²) in [6, 6.07) is 4.32. The van der Waals surface area contributed by atoms with Crippen LogP contribution in [0.25, 0.3) is 6.08 Å². The van der Waals surface area contributed by atoms with Gasteiger partial charge in [-0.05, 0) is 12.1 Å². The van der Waals surface area contributed by atoms with E-state index in [1.165, 1.54) is 31.2 Å². The molecule has 15 heavy (non-hydrogen) atoms. The van der Waals surface area contributed by atoms with E-state index in [0.29, 0.717) is 11.3 Å². The van der Waals surface area contributed by atoms with Crippen molar-refractivity contribution < 1.29 is 9.72 Å². The highest BCUT2D eigenvalue weighted by atomic mass is 16.6. The number of anilines is 1. The Hall–Kier alpha value is -2.17. The lowest BCUT2D eigenvalue weighted by molar-refractivity contribution is -0.385. The minimum absolute atomic E-state index is 0.0286. The van der Waals surface area contributed by atoms with Gasteiger partial charge in [0.1, 0.15) is 0 Å². The number of rotatable bonds is 3. The average molecular weight is 206 g/mol. The largest absolute Gasteiger partial charge is 0.326 e. The van der Waals surface area contributed by atoms with Gasteiger partial charge in [0, 0.05) is 18.7 Å². The molecule has 0 radical (unpaired) electrons. The molecule has 1 rings (SSSR count). The molecule has 78 valence electrons. The molecule has 0 unspecified atom stereocenters. The van der Waals surface area contributed by atoms with Crippen LogP contribution in [0.1, 0.15) is 12.5 Å². The molecule has 0 heterocycles. The van der Waals surface area contributed by atoms with E-state index in [1.807, 2.05) is 0 Å². The van der Waals surface area contributed by atoms with E-state index in [0.717, 1.165) is 0 Å². The number of carbonyl (C=O) groups excluding carboxylic acids is 1. The van der Waals surface area contributed by atoms with E-state index >= 15 is 0 Å². The van der Waals surface area contributed by atoms with E-state index in [2.05, 4.69) is 11.9 Å². The topological polar surface area (TPSA) is 72.2 Å². The summed E-state index contributed by atoms with van der Waals surface area (Å²) in [6.45, 7) is 4.85. The summed E-state index contributed by atoms with van der Waals surface area (Å²) in [7, 11) is 0. The first kappa shape index (κ1) is 10.9. The number of hydrogen-bond donors (Lipinski definition) is 1. The standard InChI is InChI=1S/C10H10N2O3/c1-3-8-6-9(11-7(2)13)4-5-10(8)12(14)15/h3-6H,1H2,2H3,(H,11,13). The van der Waals surface area contributed by atoms with Crippen LogP contribution in [0.4, 0.5) is 11.4 Å². The zero-order valence-corrected chi connectivity index (χ0v) is 8.19. The average Bonchev–Trinajstić information content (AvgIpc) is 2.16. The molecule has 0 bridgehead atoms. The van der Waals surface area contributed by atoms with Crippen LogP contribution < -0.4 is 5.32 Å². The van der Waals surface area contributed by atoms with Crippen molar-refractivity contribution in [2.45, 2.75) is 6.92 Å². The van der Waals surface area contributed by atoms with Gasteiger partial charge in [-0.1, -0.05) is 12.7 Å². The molecular weight excluding hydrogens is 196 g/mol. The van der Waals surface area contributed by atoms with Crippen LogP contribution in [-0.2, 0) is 4.79 Å². The molecule has 0 aliphatic rings. The lowest BCUT2D eigenvalue weighted by Crippen LogP contribution is -2.06. The summed E-state index contributed by atoms with van der Waals surface area (Å²) in [5.74, 6) is -0.223. The highest BCUT2D eigenvalue weighted by Crippen LogP contribution is 2.23. The lowest BCUT2D eigenvalue weighted by atomic mass is 10.1. The van der Waals surface area contributed by atoms with Gasteiger partial charge in [0.05, 0.1) is 10.5 Å². The maximum absolute atomic E-state index is 10.8. The molecule has 1 amide bonds. The van der Waals surface area contributed by atoms with Crippen LogP contribution in [0, 0.1) is 10.1 Å². The third-order valence-electron chi connectivity index (χ3n) is 1.76. The first-order valence-corrected chi connectivity index (χ1v) is 4.23. The Kier molecular flexibility index (Phi) is 3.17. The van der Waals surface area contributed by atoms with E-state index in [9.17, 15) is 14.9 Å². The number of benzene rings is 1. The first-order chi connectivity index (χ1) is 7.04. The number of amides is 1. The third kappa shape index (κ3) is 2.63. The van der Waals surface area contributed by atoms with Gasteiger partial charge in [-0.3, -0.25) is 14.9 Å². The second kappa shape index (κ2) is 4.36. The van der Waals surface area contributed by atoms with Gasteiger partial charge in [0.15, 0.2) is 0 Å². The monoisotopic (exact) mass is 206 g/mol. The van der Waals surface area contributed by atoms with Crippen molar-refractivity contribution in [2.75, 3.05) is 5.32 Å². The number of hydrogen-bond acceptors (Lipinski definition) is 3. The zero-order valence-electron chi connectivity index (χ0n) is 8.19. The van der Waals surface area contributed by atoms with Crippen molar-refractivity contribution in [3.05, 3.63) is 40.5 Å². The maximum Gasteiger partial charge on any atom is 0.276 e. The van der Waals surface area contributed by atoms with Crippen molar-refractivity contribution in [1.29, 1.82) is 0 Å².